The molecule has 0 atom stereocenters. The Kier molecular flexibility index (Phi) is 5.18. The number of amides is 1. The smallest absolute Gasteiger partial charge is 0.261 e. The van der Waals surface area contributed by atoms with Crippen LogP contribution in [-0.4, -0.2) is 45.5 Å². The van der Waals surface area contributed by atoms with Crippen LogP contribution in [0, 0.1) is 0 Å². The van der Waals surface area contributed by atoms with Crippen LogP contribution in [0.1, 0.15) is 5.56 Å². The van der Waals surface area contributed by atoms with Crippen molar-refractivity contribution in [3.63, 3.8) is 0 Å². The van der Waals surface area contributed by atoms with Crippen LogP contribution >= 0.6 is 0 Å². The minimum atomic E-state index is -3.78. The van der Waals surface area contributed by atoms with E-state index in [1.807, 2.05) is 24.3 Å². The molecule has 0 saturated carbocycles. The lowest BCUT2D eigenvalue weighted by Gasteiger charge is -2.36. The van der Waals surface area contributed by atoms with Crippen molar-refractivity contribution in [2.24, 2.45) is 0 Å². The third kappa shape index (κ3) is 4.11. The average molecular weight is 450 g/mol. The summed E-state index contributed by atoms with van der Waals surface area (Å²) in [5.41, 5.74) is 2.95. The van der Waals surface area contributed by atoms with Crippen LogP contribution in [0.2, 0.25) is 0 Å². The number of fused-ring (bicyclic) bond motifs is 1. The summed E-state index contributed by atoms with van der Waals surface area (Å²) >= 11 is 0. The Balaban J connectivity index is 1.23. The largest absolute Gasteiger partial charge is 0.368 e. The fourth-order valence-corrected chi connectivity index (χ4v) is 5.15. The van der Waals surface area contributed by atoms with Crippen molar-refractivity contribution in [1.82, 2.24) is 4.98 Å². The zero-order valence-electron chi connectivity index (χ0n) is 17.4. The van der Waals surface area contributed by atoms with Gasteiger partial charge in [0.05, 0.1) is 23.2 Å². The second-order valence-electron chi connectivity index (χ2n) is 7.86. The predicted octanol–water partition coefficient (Wildman–Crippen LogP) is 2.70. The van der Waals surface area contributed by atoms with Gasteiger partial charge < -0.3 is 15.1 Å². The molecule has 0 aliphatic carbocycles. The topological polar surface area (TPSA) is 94.6 Å². The Morgan fingerprint density at radius 1 is 0.906 bits per heavy atom. The van der Waals surface area contributed by atoms with Crippen LogP contribution in [0.25, 0.3) is 0 Å². The van der Waals surface area contributed by atoms with Gasteiger partial charge in [-0.25, -0.2) is 13.4 Å². The number of rotatable bonds is 5. The van der Waals surface area contributed by atoms with Crippen LogP contribution in [0.4, 0.5) is 22.9 Å². The van der Waals surface area contributed by atoms with Gasteiger partial charge in [-0.15, -0.1) is 0 Å². The van der Waals surface area contributed by atoms with E-state index in [4.69, 9.17) is 0 Å². The molecule has 1 aromatic heterocycles. The molecule has 2 aliphatic heterocycles. The molecule has 0 bridgehead atoms. The number of pyridine rings is 1. The minimum Gasteiger partial charge on any atom is -0.368 e. The highest BCUT2D eigenvalue weighted by molar-refractivity contribution is 7.92. The highest BCUT2D eigenvalue weighted by Gasteiger charge is 2.22. The van der Waals surface area contributed by atoms with Crippen molar-refractivity contribution in [3.8, 4) is 0 Å². The first-order valence-corrected chi connectivity index (χ1v) is 11.9. The van der Waals surface area contributed by atoms with Crippen molar-refractivity contribution in [2.45, 2.75) is 11.3 Å². The lowest BCUT2D eigenvalue weighted by atomic mass is 10.2. The number of carbonyl (C=O) groups is 1. The van der Waals surface area contributed by atoms with Gasteiger partial charge in [-0.05, 0) is 48.0 Å². The summed E-state index contributed by atoms with van der Waals surface area (Å²) in [6.45, 7) is 3.48. The Morgan fingerprint density at radius 3 is 2.38 bits per heavy atom. The Hall–Kier alpha value is -3.59. The van der Waals surface area contributed by atoms with Crippen molar-refractivity contribution < 1.29 is 13.2 Å². The molecule has 5 rings (SSSR count). The first-order chi connectivity index (χ1) is 15.5. The van der Waals surface area contributed by atoms with Crippen LogP contribution in [0.5, 0.6) is 0 Å². The molecule has 3 heterocycles. The molecule has 0 spiro atoms. The molecule has 1 fully saturated rings. The normalized spacial score (nSPS) is 15.9. The number of para-hydroxylation sites is 1. The fourth-order valence-electron chi connectivity index (χ4n) is 4.05. The number of anilines is 4. The molecule has 0 unspecified atom stereocenters. The molecule has 3 aromatic rings. The highest BCUT2D eigenvalue weighted by atomic mass is 32.2. The molecule has 2 aliphatic rings. The number of sulfonamides is 1. The highest BCUT2D eigenvalue weighted by Crippen LogP contribution is 2.27. The summed E-state index contributed by atoms with van der Waals surface area (Å²) in [6.07, 6.45) is 1.72. The lowest BCUT2D eigenvalue weighted by Crippen LogP contribution is -2.46. The van der Waals surface area contributed by atoms with E-state index >= 15 is 0 Å². The molecular weight excluding hydrogens is 426 g/mol. The van der Waals surface area contributed by atoms with Gasteiger partial charge >= 0.3 is 0 Å². The summed E-state index contributed by atoms with van der Waals surface area (Å²) in [7, 11) is -3.78. The second kappa shape index (κ2) is 8.16. The first-order valence-electron chi connectivity index (χ1n) is 10.4. The molecule has 2 N–H and O–H groups in total. The van der Waals surface area contributed by atoms with E-state index in [1.54, 1.807) is 12.1 Å². The van der Waals surface area contributed by atoms with E-state index in [9.17, 15) is 13.2 Å². The number of nitrogens with one attached hydrogen (secondary N) is 2. The van der Waals surface area contributed by atoms with Gasteiger partial charge in [0.1, 0.15) is 5.82 Å². The van der Waals surface area contributed by atoms with Gasteiger partial charge in [-0.3, -0.25) is 9.52 Å². The van der Waals surface area contributed by atoms with Crippen molar-refractivity contribution in [2.75, 3.05) is 46.0 Å². The standard InChI is InChI=1S/C23H23N5O3S/c29-23-15-17-14-20(7-8-21(17)25-23)32(30,31)26-18-6-9-22(24-16-18)28-12-10-27(11-13-28)19-4-2-1-3-5-19/h1-9,14,16,26H,10-13,15H2,(H,25,29). The van der Waals surface area contributed by atoms with E-state index < -0.39 is 10.0 Å². The van der Waals surface area contributed by atoms with Gasteiger partial charge in [0, 0.05) is 37.6 Å². The monoisotopic (exact) mass is 449 g/mol. The van der Waals surface area contributed by atoms with Crippen LogP contribution < -0.4 is 19.8 Å². The van der Waals surface area contributed by atoms with Crippen molar-refractivity contribution in [3.05, 3.63) is 72.4 Å². The number of hydrogen-bond acceptors (Lipinski definition) is 6. The van der Waals surface area contributed by atoms with Crippen LogP contribution in [0.3, 0.4) is 0 Å². The molecule has 164 valence electrons. The molecule has 32 heavy (non-hydrogen) atoms. The van der Waals surface area contributed by atoms with Crippen LogP contribution in [-0.2, 0) is 21.2 Å². The van der Waals surface area contributed by atoms with Gasteiger partial charge in [-0.1, -0.05) is 18.2 Å². The Bertz CT molecular complexity index is 1240. The molecule has 9 heteroatoms. The first kappa shape index (κ1) is 20.3. The number of benzene rings is 2. The van der Waals surface area contributed by atoms with Gasteiger partial charge in [0.15, 0.2) is 0 Å². The fraction of sp³-hybridized carbons (Fsp3) is 0.217. The van der Waals surface area contributed by atoms with E-state index in [2.05, 4.69) is 37.0 Å². The molecular formula is C23H23N5O3S. The molecule has 1 amide bonds. The van der Waals surface area contributed by atoms with Gasteiger partial charge in [0.2, 0.25) is 5.91 Å². The summed E-state index contributed by atoms with van der Waals surface area (Å²) in [5.74, 6) is 0.690. The maximum absolute atomic E-state index is 12.8. The number of carbonyl (C=O) groups excluding carboxylic acids is 1. The maximum Gasteiger partial charge on any atom is 0.261 e. The second-order valence-corrected chi connectivity index (χ2v) is 9.55. The third-order valence-electron chi connectivity index (χ3n) is 5.74. The number of aromatic nitrogens is 1. The number of nitrogens with zero attached hydrogens (tertiary/aromatic N) is 3. The molecule has 2 aromatic carbocycles. The maximum atomic E-state index is 12.8. The van der Waals surface area contributed by atoms with Gasteiger partial charge in [0.25, 0.3) is 10.0 Å². The zero-order chi connectivity index (χ0) is 22.1. The number of piperazine rings is 1. The third-order valence-corrected chi connectivity index (χ3v) is 7.12. The summed E-state index contributed by atoms with van der Waals surface area (Å²) in [4.78, 5) is 20.6. The van der Waals surface area contributed by atoms with E-state index in [-0.39, 0.29) is 17.2 Å². The number of hydrogen-bond donors (Lipinski definition) is 2. The van der Waals surface area contributed by atoms with E-state index in [0.29, 0.717) is 16.9 Å². The van der Waals surface area contributed by atoms with E-state index in [1.165, 1.54) is 24.0 Å². The zero-order valence-corrected chi connectivity index (χ0v) is 18.2. The lowest BCUT2D eigenvalue weighted by molar-refractivity contribution is -0.115. The minimum absolute atomic E-state index is 0.119. The van der Waals surface area contributed by atoms with E-state index in [0.717, 1.165) is 32.0 Å². The molecule has 8 nitrogen and oxygen atoms in total. The SMILES string of the molecule is O=C1Cc2cc(S(=O)(=O)Nc3ccc(N4CCN(c5ccccc5)CC4)nc3)ccc2N1. The summed E-state index contributed by atoms with van der Waals surface area (Å²) in [5, 5.41) is 2.70. The van der Waals surface area contributed by atoms with Gasteiger partial charge in [-0.2, -0.15) is 0 Å². The Morgan fingerprint density at radius 2 is 1.66 bits per heavy atom. The van der Waals surface area contributed by atoms with Crippen LogP contribution in [0.15, 0.2) is 71.8 Å². The summed E-state index contributed by atoms with van der Waals surface area (Å²) < 4.78 is 28.1. The van der Waals surface area contributed by atoms with Crippen molar-refractivity contribution in [1.29, 1.82) is 0 Å². The predicted molar refractivity (Wildman–Crippen MR) is 125 cm³/mol. The summed E-state index contributed by atoms with van der Waals surface area (Å²) in [6, 6.07) is 18.5. The average Bonchev–Trinajstić information content (AvgIpc) is 3.19. The van der Waals surface area contributed by atoms with Crippen molar-refractivity contribution >= 4 is 38.8 Å². The quantitative estimate of drug-likeness (QED) is 0.622. The molecule has 1 saturated heterocycles. The Labute approximate surface area is 186 Å². The molecule has 0 radical (unpaired) electrons.